The summed E-state index contributed by atoms with van der Waals surface area (Å²) in [7, 11) is 0. The van der Waals surface area contributed by atoms with Gasteiger partial charge in [-0.2, -0.15) is 0 Å². The summed E-state index contributed by atoms with van der Waals surface area (Å²) in [6.07, 6.45) is 0. The van der Waals surface area contributed by atoms with Crippen molar-refractivity contribution in [3.63, 3.8) is 0 Å². The van der Waals surface area contributed by atoms with Gasteiger partial charge >= 0.3 is 12.1 Å². The van der Waals surface area contributed by atoms with Gasteiger partial charge in [-0.3, -0.25) is 9.80 Å². The lowest BCUT2D eigenvalue weighted by molar-refractivity contribution is 0.131. The molecule has 2 fully saturated rings. The topological polar surface area (TPSA) is 80.0 Å². The van der Waals surface area contributed by atoms with Gasteiger partial charge in [-0.1, -0.05) is 37.3 Å². The van der Waals surface area contributed by atoms with Crippen LogP contribution in [-0.2, 0) is 13.1 Å². The van der Waals surface area contributed by atoms with Crippen LogP contribution >= 0.6 is 0 Å². The molecule has 0 atom stereocenters. The number of urea groups is 2. The minimum atomic E-state index is -0.264. The number of benzene rings is 2. The summed E-state index contributed by atoms with van der Waals surface area (Å²) in [4.78, 5) is 31.0. The predicted molar refractivity (Wildman–Crippen MR) is 127 cm³/mol. The van der Waals surface area contributed by atoms with Crippen molar-refractivity contribution in [2.75, 3.05) is 56.0 Å². The number of hydrogen-bond acceptors (Lipinski definition) is 4. The van der Waals surface area contributed by atoms with E-state index < -0.39 is 0 Å². The Bertz CT molecular complexity index is 942. The summed E-state index contributed by atoms with van der Waals surface area (Å²) < 4.78 is 0. The molecule has 8 heteroatoms. The Labute approximate surface area is 189 Å². The molecule has 2 aromatic carbocycles. The number of anilines is 2. The van der Waals surface area contributed by atoms with Crippen LogP contribution in [0.3, 0.4) is 0 Å². The molecule has 4 amide bonds. The zero-order chi connectivity index (χ0) is 22.3. The standard InChI is InChI=1S/C24H32N6O2/c1-2-28-12-14-29(15-13-28)18-20-7-4-3-6-19(20)17-26-23(31)27-21-8-5-9-22(16-21)30-11-10-25-24(30)32/h3-9,16H,2,10-15,17-18H2,1H3,(H,25,32)(H2,26,27,31). The third-order valence-electron chi connectivity index (χ3n) is 6.14. The Morgan fingerprint density at radius 1 is 0.969 bits per heavy atom. The number of likely N-dealkylation sites (N-methyl/N-ethyl adjacent to an activating group) is 1. The molecule has 8 nitrogen and oxygen atoms in total. The Morgan fingerprint density at radius 3 is 2.44 bits per heavy atom. The van der Waals surface area contributed by atoms with Crippen LogP contribution < -0.4 is 20.9 Å². The van der Waals surface area contributed by atoms with Crippen molar-refractivity contribution < 1.29 is 9.59 Å². The van der Waals surface area contributed by atoms with Crippen LogP contribution in [0.1, 0.15) is 18.1 Å². The van der Waals surface area contributed by atoms with E-state index in [1.807, 2.05) is 30.3 Å². The van der Waals surface area contributed by atoms with E-state index >= 15 is 0 Å². The zero-order valence-electron chi connectivity index (χ0n) is 18.6. The predicted octanol–water partition coefficient (Wildman–Crippen LogP) is 2.68. The lowest BCUT2D eigenvalue weighted by atomic mass is 10.1. The van der Waals surface area contributed by atoms with Gasteiger partial charge in [0.15, 0.2) is 0 Å². The highest BCUT2D eigenvalue weighted by Crippen LogP contribution is 2.21. The maximum atomic E-state index is 12.5. The average molecular weight is 437 g/mol. The fraction of sp³-hybridized carbons (Fsp3) is 0.417. The van der Waals surface area contributed by atoms with Crippen LogP contribution in [0.5, 0.6) is 0 Å². The van der Waals surface area contributed by atoms with E-state index in [4.69, 9.17) is 0 Å². The van der Waals surface area contributed by atoms with Crippen LogP contribution in [0, 0.1) is 0 Å². The highest BCUT2D eigenvalue weighted by atomic mass is 16.2. The highest BCUT2D eigenvalue weighted by molar-refractivity contribution is 5.95. The Balaban J connectivity index is 1.31. The van der Waals surface area contributed by atoms with E-state index in [1.54, 1.807) is 4.90 Å². The molecule has 0 saturated carbocycles. The molecule has 170 valence electrons. The van der Waals surface area contributed by atoms with Gasteiger partial charge in [0.2, 0.25) is 0 Å². The number of nitrogens with one attached hydrogen (secondary N) is 3. The first-order valence-corrected chi connectivity index (χ1v) is 11.3. The number of nitrogens with zero attached hydrogens (tertiary/aromatic N) is 3. The molecule has 4 rings (SSSR count). The van der Waals surface area contributed by atoms with Crippen molar-refractivity contribution in [1.82, 2.24) is 20.4 Å². The molecule has 32 heavy (non-hydrogen) atoms. The van der Waals surface area contributed by atoms with Crippen molar-refractivity contribution in [3.8, 4) is 0 Å². The first-order valence-electron chi connectivity index (χ1n) is 11.3. The number of rotatable bonds is 7. The Kier molecular flexibility index (Phi) is 7.24. The minimum absolute atomic E-state index is 0.112. The Hall–Kier alpha value is -3.10. The fourth-order valence-electron chi connectivity index (χ4n) is 4.21. The van der Waals surface area contributed by atoms with Crippen molar-refractivity contribution in [3.05, 3.63) is 59.7 Å². The normalized spacial score (nSPS) is 17.3. The van der Waals surface area contributed by atoms with Crippen LogP contribution in [-0.4, -0.2) is 67.7 Å². The molecule has 2 aliphatic heterocycles. The molecule has 0 radical (unpaired) electrons. The summed E-state index contributed by atoms with van der Waals surface area (Å²) in [5, 5.41) is 8.64. The summed E-state index contributed by atoms with van der Waals surface area (Å²) >= 11 is 0. The van der Waals surface area contributed by atoms with Gasteiger partial charge in [-0.15, -0.1) is 0 Å². The lowest BCUT2D eigenvalue weighted by Crippen LogP contribution is -2.45. The Morgan fingerprint density at radius 2 is 1.72 bits per heavy atom. The summed E-state index contributed by atoms with van der Waals surface area (Å²) in [6, 6.07) is 15.2. The molecule has 3 N–H and O–H groups in total. The first kappa shape index (κ1) is 22.1. The second-order valence-electron chi connectivity index (χ2n) is 8.22. The molecule has 2 aliphatic rings. The fourth-order valence-corrected chi connectivity index (χ4v) is 4.21. The number of hydrogen-bond donors (Lipinski definition) is 3. The first-order chi connectivity index (χ1) is 15.6. The van der Waals surface area contributed by atoms with Gasteiger partial charge in [-0.05, 0) is 35.9 Å². The molecule has 2 heterocycles. The molecule has 0 aromatic heterocycles. The van der Waals surface area contributed by atoms with E-state index in [2.05, 4.69) is 50.9 Å². The van der Waals surface area contributed by atoms with Gasteiger partial charge in [0.1, 0.15) is 0 Å². The van der Waals surface area contributed by atoms with Crippen molar-refractivity contribution >= 4 is 23.4 Å². The van der Waals surface area contributed by atoms with E-state index in [1.165, 1.54) is 5.56 Å². The van der Waals surface area contributed by atoms with Gasteiger partial charge in [-0.25, -0.2) is 9.59 Å². The van der Waals surface area contributed by atoms with E-state index in [-0.39, 0.29) is 12.1 Å². The van der Waals surface area contributed by atoms with Gasteiger partial charge < -0.3 is 20.9 Å². The smallest absolute Gasteiger partial charge is 0.321 e. The molecule has 0 spiro atoms. The van der Waals surface area contributed by atoms with E-state index in [9.17, 15) is 9.59 Å². The summed E-state index contributed by atoms with van der Waals surface area (Å²) in [5.74, 6) is 0. The second-order valence-corrected chi connectivity index (χ2v) is 8.22. The monoisotopic (exact) mass is 436 g/mol. The molecular weight excluding hydrogens is 404 g/mol. The average Bonchev–Trinajstić information content (AvgIpc) is 3.25. The summed E-state index contributed by atoms with van der Waals surface area (Å²) in [6.45, 7) is 10.3. The van der Waals surface area contributed by atoms with Crippen LogP contribution in [0.2, 0.25) is 0 Å². The van der Waals surface area contributed by atoms with Crippen LogP contribution in [0.25, 0.3) is 0 Å². The molecule has 2 aromatic rings. The molecular formula is C24H32N6O2. The quantitative estimate of drug-likeness (QED) is 0.624. The third kappa shape index (κ3) is 5.57. The third-order valence-corrected chi connectivity index (χ3v) is 6.14. The maximum Gasteiger partial charge on any atom is 0.321 e. The van der Waals surface area contributed by atoms with Crippen LogP contribution in [0.4, 0.5) is 21.0 Å². The molecule has 0 bridgehead atoms. The minimum Gasteiger partial charge on any atom is -0.336 e. The lowest BCUT2D eigenvalue weighted by Gasteiger charge is -2.34. The maximum absolute atomic E-state index is 12.5. The number of carbonyl (C=O) groups excluding carboxylic acids is 2. The van der Waals surface area contributed by atoms with Crippen molar-refractivity contribution in [2.45, 2.75) is 20.0 Å². The van der Waals surface area contributed by atoms with Gasteiger partial charge in [0.05, 0.1) is 0 Å². The van der Waals surface area contributed by atoms with Gasteiger partial charge in [0.25, 0.3) is 0 Å². The number of amides is 4. The highest BCUT2D eigenvalue weighted by Gasteiger charge is 2.21. The van der Waals surface area contributed by atoms with Gasteiger partial charge in [0, 0.05) is 63.7 Å². The van der Waals surface area contributed by atoms with E-state index in [0.717, 1.165) is 50.5 Å². The number of piperazine rings is 1. The van der Waals surface area contributed by atoms with Crippen molar-refractivity contribution in [2.24, 2.45) is 0 Å². The SMILES string of the molecule is CCN1CCN(Cc2ccccc2CNC(=O)Nc2cccc(N3CCNC3=O)c2)CC1. The zero-order valence-corrected chi connectivity index (χ0v) is 18.6. The number of carbonyl (C=O) groups is 2. The largest absolute Gasteiger partial charge is 0.336 e. The second kappa shape index (κ2) is 10.5. The van der Waals surface area contributed by atoms with Crippen LogP contribution in [0.15, 0.2) is 48.5 Å². The van der Waals surface area contributed by atoms with E-state index in [0.29, 0.717) is 25.3 Å². The molecule has 2 saturated heterocycles. The summed E-state index contributed by atoms with van der Waals surface area (Å²) in [5.41, 5.74) is 3.80. The molecule has 0 aliphatic carbocycles. The van der Waals surface area contributed by atoms with Crippen molar-refractivity contribution in [1.29, 1.82) is 0 Å². The molecule has 0 unspecified atom stereocenters.